The molecule has 0 unspecified atom stereocenters. The van der Waals surface area contributed by atoms with Crippen molar-refractivity contribution in [3.8, 4) is 5.75 Å². The van der Waals surface area contributed by atoms with Crippen LogP contribution in [0.15, 0.2) is 48.5 Å². The highest BCUT2D eigenvalue weighted by Crippen LogP contribution is 2.17. The summed E-state index contributed by atoms with van der Waals surface area (Å²) in [6.45, 7) is 5.36. The fraction of sp³-hybridized carbons (Fsp3) is 0.417. The van der Waals surface area contributed by atoms with Gasteiger partial charge in [0.05, 0.1) is 13.2 Å². The number of carbonyl (C=O) groups is 2. The number of hydrogen-bond acceptors (Lipinski definition) is 5. The molecule has 1 saturated heterocycles. The van der Waals surface area contributed by atoms with Crippen molar-refractivity contribution in [3.63, 3.8) is 0 Å². The second-order valence-corrected chi connectivity index (χ2v) is 8.22. The Labute approximate surface area is 188 Å². The Morgan fingerprint density at radius 1 is 0.839 bits per heavy atom. The molecule has 1 aliphatic heterocycles. The first-order valence-corrected chi connectivity index (χ1v) is 11.1. The number of ether oxygens (including phenoxy) is 1. The van der Waals surface area contributed by atoms with Crippen LogP contribution in [-0.4, -0.2) is 72.5 Å². The molecule has 0 aromatic heterocycles. The number of hydrogen-bond donors (Lipinski definition) is 1. The fourth-order valence-electron chi connectivity index (χ4n) is 3.64. The van der Waals surface area contributed by atoms with E-state index < -0.39 is 5.97 Å². The van der Waals surface area contributed by atoms with Crippen LogP contribution in [0.2, 0.25) is 5.02 Å². The smallest absolute Gasteiger partial charge is 0.317 e. The molecule has 0 amide bonds. The van der Waals surface area contributed by atoms with Gasteiger partial charge in [0, 0.05) is 42.3 Å². The fourth-order valence-corrected chi connectivity index (χ4v) is 3.76. The summed E-state index contributed by atoms with van der Waals surface area (Å²) in [6.07, 6.45) is 3.17. The number of rotatable bonds is 11. The summed E-state index contributed by atoms with van der Waals surface area (Å²) in [5, 5.41) is 9.45. The Bertz CT molecular complexity index is 847. The van der Waals surface area contributed by atoms with Crippen molar-refractivity contribution in [2.45, 2.75) is 19.3 Å². The Morgan fingerprint density at radius 2 is 1.42 bits per heavy atom. The van der Waals surface area contributed by atoms with E-state index in [4.69, 9.17) is 21.4 Å². The van der Waals surface area contributed by atoms with E-state index in [1.54, 1.807) is 36.4 Å². The predicted molar refractivity (Wildman–Crippen MR) is 121 cm³/mol. The number of carboxylic acids is 1. The van der Waals surface area contributed by atoms with Crippen LogP contribution in [-0.2, 0) is 4.79 Å². The monoisotopic (exact) mass is 444 g/mol. The van der Waals surface area contributed by atoms with Crippen LogP contribution in [0.1, 0.15) is 35.2 Å². The Balaban J connectivity index is 1.29. The first-order valence-electron chi connectivity index (χ1n) is 10.7. The zero-order chi connectivity index (χ0) is 22.1. The van der Waals surface area contributed by atoms with Crippen LogP contribution in [0, 0.1) is 0 Å². The largest absolute Gasteiger partial charge is 0.494 e. The Hall–Kier alpha value is -2.41. The van der Waals surface area contributed by atoms with Crippen LogP contribution >= 0.6 is 11.6 Å². The summed E-state index contributed by atoms with van der Waals surface area (Å²) in [4.78, 5) is 27.6. The van der Waals surface area contributed by atoms with Crippen molar-refractivity contribution in [2.75, 3.05) is 45.9 Å². The summed E-state index contributed by atoms with van der Waals surface area (Å²) in [6, 6.07) is 14.1. The summed E-state index contributed by atoms with van der Waals surface area (Å²) in [5.41, 5.74) is 1.24. The lowest BCUT2D eigenvalue weighted by Gasteiger charge is -2.33. The number of piperazine rings is 1. The Morgan fingerprint density at radius 3 is 2.03 bits per heavy atom. The van der Waals surface area contributed by atoms with Crippen molar-refractivity contribution >= 4 is 23.4 Å². The van der Waals surface area contributed by atoms with E-state index >= 15 is 0 Å². The zero-order valence-electron chi connectivity index (χ0n) is 17.6. The van der Waals surface area contributed by atoms with Gasteiger partial charge in [-0.05, 0) is 74.3 Å². The molecule has 2 aromatic rings. The third kappa shape index (κ3) is 7.65. The van der Waals surface area contributed by atoms with Crippen molar-refractivity contribution < 1.29 is 19.4 Å². The lowest BCUT2D eigenvalue weighted by Crippen LogP contribution is -2.48. The molecule has 31 heavy (non-hydrogen) atoms. The number of unbranched alkanes of at least 4 members (excludes halogenated alkanes) is 2. The molecule has 0 atom stereocenters. The molecule has 1 aliphatic rings. The molecule has 1 heterocycles. The predicted octanol–water partition coefficient (Wildman–Crippen LogP) is 3.82. The molecule has 3 rings (SSSR count). The van der Waals surface area contributed by atoms with E-state index in [2.05, 4.69) is 4.90 Å². The van der Waals surface area contributed by atoms with Crippen LogP contribution in [0.3, 0.4) is 0 Å². The van der Waals surface area contributed by atoms with Gasteiger partial charge in [-0.3, -0.25) is 14.5 Å². The van der Waals surface area contributed by atoms with E-state index in [9.17, 15) is 9.59 Å². The van der Waals surface area contributed by atoms with E-state index in [0.717, 1.165) is 57.7 Å². The van der Waals surface area contributed by atoms with Gasteiger partial charge < -0.3 is 14.7 Å². The SMILES string of the molecule is O=C(O)CN1CCN(CCCCCOc2ccc(C(=O)c3ccc(Cl)cc3)cc2)CC1. The molecule has 0 spiro atoms. The average molecular weight is 445 g/mol. The highest BCUT2D eigenvalue weighted by Gasteiger charge is 2.17. The van der Waals surface area contributed by atoms with Gasteiger partial charge in [0.15, 0.2) is 5.78 Å². The minimum atomic E-state index is -0.753. The maximum Gasteiger partial charge on any atom is 0.317 e. The van der Waals surface area contributed by atoms with E-state index in [1.165, 1.54) is 0 Å². The summed E-state index contributed by atoms with van der Waals surface area (Å²) in [5.74, 6) is -0.0227. The lowest BCUT2D eigenvalue weighted by atomic mass is 10.0. The molecular formula is C24H29ClN2O4. The summed E-state index contributed by atoms with van der Waals surface area (Å²) < 4.78 is 5.80. The molecule has 1 N–H and O–H groups in total. The van der Waals surface area contributed by atoms with Crippen LogP contribution in [0.4, 0.5) is 0 Å². The van der Waals surface area contributed by atoms with Crippen LogP contribution in [0.25, 0.3) is 0 Å². The minimum absolute atomic E-state index is 0.0352. The number of ketones is 1. The number of carbonyl (C=O) groups excluding carboxylic acids is 1. The van der Waals surface area contributed by atoms with Crippen molar-refractivity contribution in [1.82, 2.24) is 9.80 Å². The van der Waals surface area contributed by atoms with E-state index in [1.807, 2.05) is 17.0 Å². The van der Waals surface area contributed by atoms with Gasteiger partial charge >= 0.3 is 5.97 Å². The second-order valence-electron chi connectivity index (χ2n) is 7.78. The van der Waals surface area contributed by atoms with E-state index in [0.29, 0.717) is 22.8 Å². The van der Waals surface area contributed by atoms with Gasteiger partial charge in [0.2, 0.25) is 0 Å². The number of nitrogens with zero attached hydrogens (tertiary/aromatic N) is 2. The first kappa shape index (κ1) is 23.3. The maximum absolute atomic E-state index is 12.5. The van der Waals surface area contributed by atoms with Crippen LogP contribution < -0.4 is 4.74 Å². The van der Waals surface area contributed by atoms with Gasteiger partial charge in [-0.15, -0.1) is 0 Å². The van der Waals surface area contributed by atoms with Crippen molar-refractivity contribution in [2.24, 2.45) is 0 Å². The molecule has 0 aliphatic carbocycles. The van der Waals surface area contributed by atoms with Gasteiger partial charge in [0.25, 0.3) is 0 Å². The molecule has 2 aromatic carbocycles. The summed E-state index contributed by atoms with van der Waals surface area (Å²) in [7, 11) is 0. The molecule has 7 heteroatoms. The topological polar surface area (TPSA) is 70.1 Å². The molecule has 0 bridgehead atoms. The molecule has 0 radical (unpaired) electrons. The van der Waals surface area contributed by atoms with Gasteiger partial charge in [0.1, 0.15) is 5.75 Å². The van der Waals surface area contributed by atoms with Crippen LogP contribution in [0.5, 0.6) is 5.75 Å². The molecule has 6 nitrogen and oxygen atoms in total. The molecular weight excluding hydrogens is 416 g/mol. The highest BCUT2D eigenvalue weighted by atomic mass is 35.5. The standard InChI is InChI=1S/C24H29ClN2O4/c25-21-8-4-19(5-9-21)24(30)20-6-10-22(11-7-20)31-17-3-1-2-12-26-13-15-27(16-14-26)18-23(28)29/h4-11H,1-3,12-18H2,(H,28,29). The van der Waals surface area contributed by atoms with Crippen molar-refractivity contribution in [3.05, 3.63) is 64.7 Å². The molecule has 1 fully saturated rings. The van der Waals surface area contributed by atoms with Gasteiger partial charge in [-0.1, -0.05) is 11.6 Å². The molecule has 0 saturated carbocycles. The third-order valence-corrected chi connectivity index (χ3v) is 5.69. The number of halogens is 1. The normalized spacial score (nSPS) is 15.0. The highest BCUT2D eigenvalue weighted by molar-refractivity contribution is 6.30. The number of benzene rings is 2. The van der Waals surface area contributed by atoms with E-state index in [-0.39, 0.29) is 12.3 Å². The first-order chi connectivity index (χ1) is 15.0. The quantitative estimate of drug-likeness (QED) is 0.419. The average Bonchev–Trinajstić information content (AvgIpc) is 2.77. The minimum Gasteiger partial charge on any atom is -0.494 e. The van der Waals surface area contributed by atoms with Crippen molar-refractivity contribution in [1.29, 1.82) is 0 Å². The Kier molecular flexibility index (Phi) is 8.88. The molecule has 166 valence electrons. The maximum atomic E-state index is 12.5. The van der Waals surface area contributed by atoms with Gasteiger partial charge in [-0.2, -0.15) is 0 Å². The summed E-state index contributed by atoms with van der Waals surface area (Å²) >= 11 is 5.87. The zero-order valence-corrected chi connectivity index (χ0v) is 18.4. The number of aliphatic carboxylic acids is 1. The second kappa shape index (κ2) is 11.8. The lowest BCUT2D eigenvalue weighted by molar-refractivity contribution is -0.138. The third-order valence-electron chi connectivity index (χ3n) is 5.43. The number of carboxylic acid groups (broad SMARTS) is 1. The van der Waals surface area contributed by atoms with Gasteiger partial charge in [-0.25, -0.2) is 0 Å².